The monoisotopic (exact) mass is 226 g/mol. The minimum absolute atomic E-state index is 0.00625. The molecule has 0 aliphatic heterocycles. The fourth-order valence-corrected chi connectivity index (χ4v) is 1.63. The lowest BCUT2D eigenvalue weighted by molar-refractivity contribution is -0.103. The molecule has 0 heterocycles. The lowest BCUT2D eigenvalue weighted by atomic mass is 9.69. The number of aldehydes is 1. The molecule has 0 fully saturated rings. The Balaban J connectivity index is 4.79. The van der Waals surface area contributed by atoms with Crippen molar-refractivity contribution in [1.82, 2.24) is 0 Å². The van der Waals surface area contributed by atoms with Gasteiger partial charge in [0.1, 0.15) is 0 Å². The van der Waals surface area contributed by atoms with Gasteiger partial charge in [-0.05, 0) is 31.4 Å². The van der Waals surface area contributed by atoms with Crippen molar-refractivity contribution < 1.29 is 9.22 Å². The lowest BCUT2D eigenvalue weighted by Gasteiger charge is -2.38. The summed E-state index contributed by atoms with van der Waals surface area (Å²) < 4.78 is 5.75. The number of rotatable bonds is 3. The maximum absolute atomic E-state index is 10.3. The Bertz CT molecular complexity index is 268. The zero-order chi connectivity index (χ0) is 12.1. The summed E-state index contributed by atoms with van der Waals surface area (Å²) in [6, 6.07) is 0. The third-order valence-corrected chi connectivity index (χ3v) is 3.60. The minimum atomic E-state index is -1.03. The van der Waals surface area contributed by atoms with Crippen LogP contribution in [-0.2, 0) is 9.22 Å². The third kappa shape index (κ3) is 4.63. The summed E-state index contributed by atoms with van der Waals surface area (Å²) in [5.74, 6) is 5.54. The van der Waals surface area contributed by atoms with Crippen molar-refractivity contribution in [2.24, 2.45) is 10.8 Å². The molecule has 0 aliphatic carbocycles. The number of carbonyl (C=O) groups is 1. The van der Waals surface area contributed by atoms with Crippen molar-refractivity contribution in [1.29, 1.82) is 0 Å². The van der Waals surface area contributed by atoms with Crippen LogP contribution in [0.2, 0.25) is 13.1 Å². The van der Waals surface area contributed by atoms with Crippen LogP contribution < -0.4 is 0 Å². The number of hydrogen-bond donors (Lipinski definition) is 0. The summed E-state index contributed by atoms with van der Waals surface area (Å²) >= 11 is 0. The topological polar surface area (TPSA) is 26.3 Å². The van der Waals surface area contributed by atoms with Gasteiger partial charge in [0.25, 0.3) is 0 Å². The molecule has 0 aromatic carbocycles. The molecule has 0 spiro atoms. The van der Waals surface area contributed by atoms with E-state index in [0.717, 1.165) is 0 Å². The van der Waals surface area contributed by atoms with Crippen LogP contribution in [-0.4, -0.2) is 21.9 Å². The van der Waals surface area contributed by atoms with Gasteiger partial charge in [0, 0.05) is 0 Å². The summed E-state index contributed by atoms with van der Waals surface area (Å²) in [4.78, 5) is 10.3. The molecule has 2 nitrogen and oxygen atoms in total. The summed E-state index contributed by atoms with van der Waals surface area (Å²) in [5, 5.41) is 0. The Morgan fingerprint density at radius 1 is 1.27 bits per heavy atom. The maximum Gasteiger partial charge on any atom is 0.192 e. The van der Waals surface area contributed by atoms with Crippen molar-refractivity contribution in [3.63, 3.8) is 0 Å². The first-order valence-electron chi connectivity index (χ1n) is 5.31. The zero-order valence-corrected chi connectivity index (χ0v) is 11.8. The molecule has 0 aromatic heterocycles. The first-order chi connectivity index (χ1) is 6.73. The SMILES string of the molecule is C[SiH](C)OCC(C)(C#CC=O)C(C)(C)C. The van der Waals surface area contributed by atoms with E-state index in [-0.39, 0.29) is 10.8 Å². The normalized spacial score (nSPS) is 15.4. The maximum atomic E-state index is 10.3. The van der Waals surface area contributed by atoms with E-state index in [1.807, 2.05) is 0 Å². The van der Waals surface area contributed by atoms with Crippen LogP contribution in [0.1, 0.15) is 27.7 Å². The van der Waals surface area contributed by atoms with Crippen LogP contribution in [0, 0.1) is 22.7 Å². The van der Waals surface area contributed by atoms with E-state index in [1.54, 1.807) is 0 Å². The van der Waals surface area contributed by atoms with Crippen LogP contribution >= 0.6 is 0 Å². The smallest absolute Gasteiger partial charge is 0.192 e. The van der Waals surface area contributed by atoms with E-state index in [1.165, 1.54) is 0 Å². The van der Waals surface area contributed by atoms with E-state index in [2.05, 4.69) is 52.6 Å². The predicted molar refractivity (Wildman–Crippen MR) is 66.2 cm³/mol. The van der Waals surface area contributed by atoms with E-state index in [0.29, 0.717) is 12.9 Å². The second kappa shape index (κ2) is 5.48. The van der Waals surface area contributed by atoms with Crippen LogP contribution in [0.25, 0.3) is 0 Å². The molecular weight excluding hydrogens is 204 g/mol. The van der Waals surface area contributed by atoms with Gasteiger partial charge in [-0.15, -0.1) is 0 Å². The fourth-order valence-electron chi connectivity index (χ4n) is 0.962. The molecule has 86 valence electrons. The fraction of sp³-hybridized carbons (Fsp3) is 0.750. The van der Waals surface area contributed by atoms with Gasteiger partial charge in [0.15, 0.2) is 15.3 Å². The van der Waals surface area contributed by atoms with Crippen molar-refractivity contribution >= 4 is 15.3 Å². The largest absolute Gasteiger partial charge is 0.419 e. The Morgan fingerprint density at radius 2 is 1.80 bits per heavy atom. The van der Waals surface area contributed by atoms with Crippen molar-refractivity contribution in [2.75, 3.05) is 6.61 Å². The van der Waals surface area contributed by atoms with E-state index < -0.39 is 9.04 Å². The molecule has 1 unspecified atom stereocenters. The van der Waals surface area contributed by atoms with E-state index in [4.69, 9.17) is 4.43 Å². The van der Waals surface area contributed by atoms with E-state index >= 15 is 0 Å². The van der Waals surface area contributed by atoms with E-state index in [9.17, 15) is 4.79 Å². The third-order valence-electron chi connectivity index (χ3n) is 2.77. The Labute approximate surface area is 95.1 Å². The standard InChI is InChI=1S/C12H22O2Si/c1-11(2,3)12(4,8-7-9-13)10-14-15(5)6/h9,15H,10H2,1-6H3. The predicted octanol–water partition coefficient (Wildman–Crippen LogP) is 2.24. The molecule has 3 heteroatoms. The van der Waals surface area contributed by atoms with Gasteiger partial charge < -0.3 is 4.43 Å². The molecule has 0 rings (SSSR count). The van der Waals surface area contributed by atoms with Crippen molar-refractivity contribution in [2.45, 2.75) is 40.8 Å². The van der Waals surface area contributed by atoms with Crippen molar-refractivity contribution in [3.8, 4) is 11.8 Å². The highest BCUT2D eigenvalue weighted by molar-refractivity contribution is 6.48. The average molecular weight is 226 g/mol. The van der Waals surface area contributed by atoms with Gasteiger partial charge in [-0.2, -0.15) is 0 Å². The number of hydrogen-bond acceptors (Lipinski definition) is 2. The molecule has 0 N–H and O–H groups in total. The van der Waals surface area contributed by atoms with Crippen LogP contribution in [0.15, 0.2) is 0 Å². The molecule has 0 aromatic rings. The molecule has 0 radical (unpaired) electrons. The number of carbonyl (C=O) groups excluding carboxylic acids is 1. The highest BCUT2D eigenvalue weighted by Crippen LogP contribution is 2.38. The summed E-state index contributed by atoms with van der Waals surface area (Å²) in [5.41, 5.74) is -0.252. The molecule has 15 heavy (non-hydrogen) atoms. The van der Waals surface area contributed by atoms with Crippen LogP contribution in [0.5, 0.6) is 0 Å². The average Bonchev–Trinajstić information content (AvgIpc) is 2.09. The minimum Gasteiger partial charge on any atom is -0.419 e. The van der Waals surface area contributed by atoms with Gasteiger partial charge in [-0.3, -0.25) is 4.79 Å². The molecule has 0 aliphatic rings. The Morgan fingerprint density at radius 3 is 2.13 bits per heavy atom. The molecular formula is C12H22O2Si. The quantitative estimate of drug-likeness (QED) is 0.419. The summed E-state index contributed by atoms with van der Waals surface area (Å²) in [6.45, 7) is 13.3. The highest BCUT2D eigenvalue weighted by atomic mass is 28.3. The van der Waals surface area contributed by atoms with Gasteiger partial charge in [-0.25, -0.2) is 0 Å². The first-order valence-corrected chi connectivity index (χ1v) is 8.09. The summed E-state index contributed by atoms with van der Waals surface area (Å²) in [7, 11) is -1.03. The van der Waals surface area contributed by atoms with Crippen LogP contribution in [0.4, 0.5) is 0 Å². The van der Waals surface area contributed by atoms with Crippen molar-refractivity contribution in [3.05, 3.63) is 0 Å². The Kier molecular flexibility index (Phi) is 5.26. The molecule has 0 saturated carbocycles. The molecule has 0 bridgehead atoms. The van der Waals surface area contributed by atoms with Gasteiger partial charge in [0.2, 0.25) is 0 Å². The van der Waals surface area contributed by atoms with Crippen LogP contribution in [0.3, 0.4) is 0 Å². The molecule has 0 amide bonds. The molecule has 0 saturated heterocycles. The van der Waals surface area contributed by atoms with Gasteiger partial charge >= 0.3 is 0 Å². The van der Waals surface area contributed by atoms with Gasteiger partial charge in [0.05, 0.1) is 12.0 Å². The van der Waals surface area contributed by atoms with Gasteiger partial charge in [-0.1, -0.05) is 26.7 Å². The second-order valence-electron chi connectivity index (χ2n) is 5.33. The second-order valence-corrected chi connectivity index (χ2v) is 7.76. The molecule has 1 atom stereocenters. The highest BCUT2D eigenvalue weighted by Gasteiger charge is 2.36. The zero-order valence-electron chi connectivity index (χ0n) is 10.7. The summed E-state index contributed by atoms with van der Waals surface area (Å²) in [6.07, 6.45) is 0.650. The lowest BCUT2D eigenvalue weighted by Crippen LogP contribution is -2.37. The Hall–Kier alpha value is -0.593. The first kappa shape index (κ1) is 14.4.